The van der Waals surface area contributed by atoms with Crippen molar-refractivity contribution in [3.8, 4) is 0 Å². The molecule has 3 nitrogen and oxygen atoms in total. The summed E-state index contributed by atoms with van der Waals surface area (Å²) in [6.07, 6.45) is 38.1. The topological polar surface area (TPSA) is 40.5 Å². The van der Waals surface area contributed by atoms with E-state index in [2.05, 4.69) is 44.7 Å². The molecule has 0 aromatic rings. The van der Waals surface area contributed by atoms with Crippen LogP contribution in [0.15, 0.2) is 12.2 Å². The molecule has 0 aromatic heterocycles. The number of aliphatic carboxylic acids is 1. The average molecular weight is 552 g/mol. The number of carboxylic acid groups (broad SMARTS) is 1. The maximum absolute atomic E-state index is 10.3. The Hall–Kier alpha value is -0.830. The van der Waals surface area contributed by atoms with Gasteiger partial charge in [-0.15, -0.1) is 0 Å². The van der Waals surface area contributed by atoms with E-state index in [1.54, 1.807) is 0 Å². The van der Waals surface area contributed by atoms with Crippen molar-refractivity contribution >= 4 is 5.97 Å². The van der Waals surface area contributed by atoms with E-state index in [9.17, 15) is 4.79 Å². The normalized spacial score (nSPS) is 11.3. The van der Waals surface area contributed by atoms with Gasteiger partial charge in [-0.05, 0) is 71.0 Å². The second-order valence-corrected chi connectivity index (χ2v) is 11.8. The van der Waals surface area contributed by atoms with Crippen molar-refractivity contribution in [2.45, 2.75) is 195 Å². The molecular formula is C36H73NO2. The second-order valence-electron chi connectivity index (χ2n) is 11.8. The van der Waals surface area contributed by atoms with Gasteiger partial charge in [0, 0.05) is 6.42 Å². The monoisotopic (exact) mass is 552 g/mol. The average Bonchev–Trinajstić information content (AvgIpc) is 2.93. The van der Waals surface area contributed by atoms with Crippen molar-refractivity contribution in [2.75, 3.05) is 19.6 Å². The van der Waals surface area contributed by atoms with E-state index >= 15 is 0 Å². The third kappa shape index (κ3) is 39.4. The zero-order chi connectivity index (χ0) is 29.1. The number of unbranched alkanes of at least 4 members (excludes halogenated alkanes) is 20. The summed E-state index contributed by atoms with van der Waals surface area (Å²) in [5.41, 5.74) is 0. The van der Waals surface area contributed by atoms with Gasteiger partial charge in [0.2, 0.25) is 0 Å². The molecular weight excluding hydrogens is 478 g/mol. The molecule has 0 aromatic carbocycles. The number of rotatable bonds is 30. The summed E-state index contributed by atoms with van der Waals surface area (Å²) in [4.78, 5) is 13.1. The van der Waals surface area contributed by atoms with Gasteiger partial charge < -0.3 is 10.0 Å². The maximum atomic E-state index is 10.3. The predicted octanol–water partition coefficient (Wildman–Crippen LogP) is 12.1. The van der Waals surface area contributed by atoms with Crippen molar-refractivity contribution in [3.63, 3.8) is 0 Å². The van der Waals surface area contributed by atoms with Crippen molar-refractivity contribution in [1.82, 2.24) is 4.90 Å². The van der Waals surface area contributed by atoms with Gasteiger partial charge in [0.25, 0.3) is 0 Å². The van der Waals surface area contributed by atoms with E-state index in [1.807, 2.05) is 0 Å². The molecule has 1 N–H and O–H groups in total. The van der Waals surface area contributed by atoms with Crippen LogP contribution in [0.2, 0.25) is 0 Å². The highest BCUT2D eigenvalue weighted by Crippen LogP contribution is 2.10. The van der Waals surface area contributed by atoms with Gasteiger partial charge in [-0.1, -0.05) is 149 Å². The molecule has 0 aliphatic rings. The van der Waals surface area contributed by atoms with Crippen molar-refractivity contribution in [3.05, 3.63) is 12.2 Å². The Kier molecular flexibility index (Phi) is 38.4. The molecule has 0 bridgehead atoms. The van der Waals surface area contributed by atoms with Gasteiger partial charge in [-0.25, -0.2) is 0 Å². The van der Waals surface area contributed by atoms with Gasteiger partial charge in [0.15, 0.2) is 0 Å². The molecule has 0 spiro atoms. The minimum atomic E-state index is -0.664. The molecule has 0 atom stereocenters. The Bertz CT molecular complexity index is 448. The fourth-order valence-electron chi connectivity index (χ4n) is 4.97. The van der Waals surface area contributed by atoms with Gasteiger partial charge in [-0.3, -0.25) is 4.79 Å². The van der Waals surface area contributed by atoms with E-state index < -0.39 is 5.97 Å². The molecule has 39 heavy (non-hydrogen) atoms. The zero-order valence-corrected chi connectivity index (χ0v) is 27.5. The van der Waals surface area contributed by atoms with Crippen molar-refractivity contribution < 1.29 is 9.90 Å². The first kappa shape index (κ1) is 40.3. The number of hydrogen-bond donors (Lipinski definition) is 1. The molecule has 0 heterocycles. The maximum Gasteiger partial charge on any atom is 0.303 e. The fraction of sp³-hybridized carbons (Fsp3) is 0.917. The quantitative estimate of drug-likeness (QED) is 0.0712. The molecule has 234 valence electrons. The zero-order valence-electron chi connectivity index (χ0n) is 27.5. The lowest BCUT2D eigenvalue weighted by molar-refractivity contribution is -0.137. The number of carbonyl (C=O) groups is 1. The van der Waals surface area contributed by atoms with Crippen molar-refractivity contribution in [1.29, 1.82) is 0 Å². The highest BCUT2D eigenvalue weighted by molar-refractivity contribution is 5.66. The number of carboxylic acids is 1. The summed E-state index contributed by atoms with van der Waals surface area (Å²) >= 11 is 0. The summed E-state index contributed by atoms with van der Waals surface area (Å²) in [7, 11) is 0. The Labute approximate surface area is 247 Å². The summed E-state index contributed by atoms with van der Waals surface area (Å²) in [5.74, 6) is -0.664. The van der Waals surface area contributed by atoms with Crippen molar-refractivity contribution in [2.24, 2.45) is 0 Å². The Morgan fingerprint density at radius 1 is 0.462 bits per heavy atom. The lowest BCUT2D eigenvalue weighted by Crippen LogP contribution is -2.27. The molecule has 0 aliphatic heterocycles. The fourth-order valence-corrected chi connectivity index (χ4v) is 4.97. The van der Waals surface area contributed by atoms with Gasteiger partial charge in [0.05, 0.1) is 0 Å². The Morgan fingerprint density at radius 2 is 0.769 bits per heavy atom. The number of hydrogen-bond acceptors (Lipinski definition) is 2. The molecule has 0 amide bonds. The third-order valence-corrected chi connectivity index (χ3v) is 7.64. The van der Waals surface area contributed by atoms with Crippen LogP contribution in [-0.2, 0) is 4.79 Å². The third-order valence-electron chi connectivity index (χ3n) is 7.64. The summed E-state index contributed by atoms with van der Waals surface area (Å²) in [6, 6.07) is 0. The molecule has 0 saturated carbocycles. The highest BCUT2D eigenvalue weighted by Gasteiger charge is 2.04. The first-order chi connectivity index (χ1) is 19.1. The van der Waals surface area contributed by atoms with Crippen LogP contribution >= 0.6 is 0 Å². The highest BCUT2D eigenvalue weighted by atomic mass is 16.4. The van der Waals surface area contributed by atoms with Crippen LogP contribution in [0.25, 0.3) is 0 Å². The van der Waals surface area contributed by atoms with Crippen LogP contribution in [0, 0.1) is 0 Å². The molecule has 0 rings (SSSR count). The predicted molar refractivity (Wildman–Crippen MR) is 176 cm³/mol. The van der Waals surface area contributed by atoms with Crippen LogP contribution in [0.1, 0.15) is 195 Å². The van der Waals surface area contributed by atoms with E-state index in [-0.39, 0.29) is 0 Å². The van der Waals surface area contributed by atoms with Gasteiger partial charge in [0.1, 0.15) is 0 Å². The Balaban J connectivity index is 0. The van der Waals surface area contributed by atoms with Gasteiger partial charge >= 0.3 is 5.97 Å². The number of allylic oxidation sites excluding steroid dienone is 2. The summed E-state index contributed by atoms with van der Waals surface area (Å²) < 4.78 is 0. The summed E-state index contributed by atoms with van der Waals surface area (Å²) in [5, 5.41) is 8.51. The van der Waals surface area contributed by atoms with Crippen LogP contribution in [0.3, 0.4) is 0 Å². The minimum Gasteiger partial charge on any atom is -0.481 e. The van der Waals surface area contributed by atoms with Gasteiger partial charge in [-0.2, -0.15) is 0 Å². The van der Waals surface area contributed by atoms with Crippen LogP contribution < -0.4 is 0 Å². The lowest BCUT2D eigenvalue weighted by atomic mass is 10.1. The van der Waals surface area contributed by atoms with Crippen LogP contribution in [0.4, 0.5) is 0 Å². The molecule has 0 radical (unpaired) electrons. The summed E-state index contributed by atoms with van der Waals surface area (Å²) in [6.45, 7) is 13.2. The smallest absolute Gasteiger partial charge is 0.303 e. The largest absolute Gasteiger partial charge is 0.481 e. The molecule has 0 aliphatic carbocycles. The Morgan fingerprint density at radius 3 is 1.13 bits per heavy atom. The first-order valence-electron chi connectivity index (χ1n) is 17.7. The standard InChI is InChI=1S/C18H39N.C18H34O2/c1-4-7-10-13-16-19(17-14-11-8-5-2)18-15-12-9-6-3;1-2-3-4-5-6-7-8-9-10-11-12-13-14-15-16-17-18(19)20/h4-18H2,1-3H3;9-10H,2-8,11-17H2,1H3,(H,19,20)/b;10-9-. The molecule has 0 saturated heterocycles. The number of nitrogens with zero attached hydrogens (tertiary/aromatic N) is 1. The van der Waals surface area contributed by atoms with Crippen LogP contribution in [0.5, 0.6) is 0 Å². The lowest BCUT2D eigenvalue weighted by Gasteiger charge is -2.22. The molecule has 0 unspecified atom stereocenters. The first-order valence-corrected chi connectivity index (χ1v) is 17.7. The van der Waals surface area contributed by atoms with E-state index in [4.69, 9.17) is 5.11 Å². The molecule has 3 heteroatoms. The van der Waals surface area contributed by atoms with E-state index in [1.165, 1.54) is 167 Å². The van der Waals surface area contributed by atoms with E-state index in [0.717, 1.165) is 12.8 Å². The SMILES string of the molecule is CCCCCCCC/C=C\CCCCCCCC(=O)O.CCCCCCN(CCCCCC)CCCCCC. The van der Waals surface area contributed by atoms with E-state index in [0.29, 0.717) is 6.42 Å². The second kappa shape index (κ2) is 37.2. The van der Waals surface area contributed by atoms with Crippen LogP contribution in [-0.4, -0.2) is 35.6 Å². The minimum absolute atomic E-state index is 0.332. The molecule has 0 fully saturated rings.